The minimum atomic E-state index is -4.45. The first kappa shape index (κ1) is 32.4. The summed E-state index contributed by atoms with van der Waals surface area (Å²) in [5, 5.41) is 0.973. The monoisotopic (exact) mass is 779 g/mol. The Morgan fingerprint density at radius 3 is 1.69 bits per heavy atom. The second kappa shape index (κ2) is 12.4. The number of rotatable bonds is 3. The smallest absolute Gasteiger partial charge is 0.351 e. The van der Waals surface area contributed by atoms with Crippen LogP contribution in [0.3, 0.4) is 0 Å². The summed E-state index contributed by atoms with van der Waals surface area (Å²) in [6.07, 6.45) is -3.75. The van der Waals surface area contributed by atoms with Crippen LogP contribution in [-0.4, -0.2) is 23.7 Å². The molecule has 0 amide bonds. The molecule has 8 aromatic rings. The van der Waals surface area contributed by atoms with Crippen LogP contribution in [0.1, 0.15) is 11.1 Å². The molecule has 0 bridgehead atoms. The van der Waals surface area contributed by atoms with Crippen LogP contribution in [0.15, 0.2) is 128 Å². The SMILES string of the molecule is Cn1ccc2cc(-c3cc(C(F)(F)F)cc4ncn(-c5ccccc5)c34)ccc21.FC(F)(F)c1cc(I)c2c(c1)ncn2-c1ccccc1. The number of aromatic nitrogens is 5. The van der Waals surface area contributed by atoms with Crippen LogP contribution >= 0.6 is 22.6 Å². The van der Waals surface area contributed by atoms with Crippen LogP contribution in [0.25, 0.3) is 55.5 Å². The number of benzene rings is 5. The van der Waals surface area contributed by atoms with Gasteiger partial charge in [-0.05, 0) is 94.9 Å². The third kappa shape index (κ3) is 6.28. The van der Waals surface area contributed by atoms with Gasteiger partial charge in [-0.25, -0.2) is 9.97 Å². The lowest BCUT2D eigenvalue weighted by atomic mass is 9.99. The van der Waals surface area contributed by atoms with Gasteiger partial charge < -0.3 is 4.57 Å². The number of hydrogen-bond donors (Lipinski definition) is 0. The largest absolute Gasteiger partial charge is 0.416 e. The first-order valence-electron chi connectivity index (χ1n) is 14.9. The molecule has 0 saturated carbocycles. The van der Waals surface area contributed by atoms with Crippen molar-refractivity contribution in [1.82, 2.24) is 23.7 Å². The molecule has 0 N–H and O–H groups in total. The van der Waals surface area contributed by atoms with Gasteiger partial charge in [0.25, 0.3) is 0 Å². The zero-order valence-electron chi connectivity index (χ0n) is 25.5. The van der Waals surface area contributed by atoms with E-state index in [1.807, 2.05) is 130 Å². The van der Waals surface area contributed by atoms with E-state index < -0.39 is 23.5 Å². The standard InChI is InChI=1S/C23H16F3N3.C14H8F3IN2/c1-28-10-9-16-11-15(7-8-21(16)28)19-12-17(23(24,25)26)13-20-22(19)29(14-27-20)18-5-3-2-4-6-18;15-14(16,17)9-6-11(18)13-12(7-9)19-8-20(13)10-4-2-1-3-5-10/h2-14H,1H3;1-8H. The predicted octanol–water partition coefficient (Wildman–Crippen LogP) is 10.9. The molecular weight excluding hydrogens is 755 g/mol. The molecule has 0 atom stereocenters. The molecule has 0 saturated heterocycles. The first-order chi connectivity index (χ1) is 23.4. The zero-order chi connectivity index (χ0) is 34.5. The van der Waals surface area contributed by atoms with Crippen molar-refractivity contribution in [2.45, 2.75) is 12.4 Å². The number of alkyl halides is 6. The molecule has 0 aliphatic heterocycles. The summed E-state index contributed by atoms with van der Waals surface area (Å²) in [6.45, 7) is 0. The fourth-order valence-electron chi connectivity index (χ4n) is 5.81. The molecule has 3 heterocycles. The highest BCUT2D eigenvalue weighted by atomic mass is 127. The van der Waals surface area contributed by atoms with Gasteiger partial charge in [-0.3, -0.25) is 9.13 Å². The number of fused-ring (bicyclic) bond motifs is 3. The van der Waals surface area contributed by atoms with Gasteiger partial charge in [0.15, 0.2) is 0 Å². The molecule has 0 aliphatic carbocycles. The molecule has 3 aromatic heterocycles. The number of halogens is 7. The van der Waals surface area contributed by atoms with E-state index in [0.29, 0.717) is 31.2 Å². The number of hydrogen-bond acceptors (Lipinski definition) is 2. The summed E-state index contributed by atoms with van der Waals surface area (Å²) in [7, 11) is 1.94. The maximum absolute atomic E-state index is 13.6. The quantitative estimate of drug-likeness (QED) is 0.132. The summed E-state index contributed by atoms with van der Waals surface area (Å²) in [5.74, 6) is 0. The normalized spacial score (nSPS) is 12.1. The maximum Gasteiger partial charge on any atom is 0.416 e. The second-order valence-electron chi connectivity index (χ2n) is 11.3. The molecule has 5 aromatic carbocycles. The molecule has 0 spiro atoms. The van der Waals surface area contributed by atoms with Crippen molar-refractivity contribution in [3.05, 3.63) is 143 Å². The topological polar surface area (TPSA) is 40.6 Å². The van der Waals surface area contributed by atoms with Gasteiger partial charge in [-0.1, -0.05) is 42.5 Å². The van der Waals surface area contributed by atoms with Crippen molar-refractivity contribution < 1.29 is 26.3 Å². The Hall–Kier alpha value is -5.11. The minimum absolute atomic E-state index is 0.312. The lowest BCUT2D eigenvalue weighted by Gasteiger charge is -2.13. The summed E-state index contributed by atoms with van der Waals surface area (Å²) >= 11 is 1.91. The highest BCUT2D eigenvalue weighted by molar-refractivity contribution is 14.1. The number of para-hydroxylation sites is 2. The van der Waals surface area contributed by atoms with Gasteiger partial charge in [0.1, 0.15) is 12.7 Å². The van der Waals surface area contributed by atoms with Gasteiger partial charge >= 0.3 is 12.4 Å². The average Bonchev–Trinajstić information content (AvgIpc) is 3.82. The Labute approximate surface area is 289 Å². The van der Waals surface area contributed by atoms with Gasteiger partial charge in [-0.15, -0.1) is 0 Å². The average molecular weight is 780 g/mol. The van der Waals surface area contributed by atoms with Gasteiger partial charge in [0, 0.05) is 44.7 Å². The van der Waals surface area contributed by atoms with Crippen LogP contribution < -0.4 is 0 Å². The molecule has 49 heavy (non-hydrogen) atoms. The van der Waals surface area contributed by atoms with Crippen molar-refractivity contribution >= 4 is 55.6 Å². The van der Waals surface area contributed by atoms with Crippen molar-refractivity contribution in [2.75, 3.05) is 0 Å². The van der Waals surface area contributed by atoms with E-state index in [0.717, 1.165) is 46.0 Å². The molecule has 8 rings (SSSR count). The minimum Gasteiger partial charge on any atom is -0.351 e. The lowest BCUT2D eigenvalue weighted by molar-refractivity contribution is -0.138. The lowest BCUT2D eigenvalue weighted by Crippen LogP contribution is -2.05. The fourth-order valence-corrected chi connectivity index (χ4v) is 6.68. The highest BCUT2D eigenvalue weighted by Gasteiger charge is 2.33. The Bertz CT molecular complexity index is 2440. The van der Waals surface area contributed by atoms with Crippen LogP contribution in [0.5, 0.6) is 0 Å². The van der Waals surface area contributed by atoms with Gasteiger partial charge in [0.05, 0.1) is 33.2 Å². The number of imidazole rings is 2. The second-order valence-corrected chi connectivity index (χ2v) is 12.5. The van der Waals surface area contributed by atoms with Crippen LogP contribution in [-0.2, 0) is 19.4 Å². The Morgan fingerprint density at radius 1 is 0.592 bits per heavy atom. The zero-order valence-corrected chi connectivity index (χ0v) is 27.7. The van der Waals surface area contributed by atoms with E-state index in [9.17, 15) is 26.3 Å². The predicted molar refractivity (Wildman–Crippen MR) is 187 cm³/mol. The summed E-state index contributed by atoms with van der Waals surface area (Å²) in [4.78, 5) is 8.37. The number of aryl methyl sites for hydroxylation is 1. The molecule has 246 valence electrons. The van der Waals surface area contributed by atoms with Crippen molar-refractivity contribution in [3.8, 4) is 22.5 Å². The van der Waals surface area contributed by atoms with E-state index in [1.165, 1.54) is 6.07 Å². The Kier molecular flexibility index (Phi) is 8.21. The third-order valence-corrected chi connectivity index (χ3v) is 8.98. The van der Waals surface area contributed by atoms with E-state index in [1.54, 1.807) is 17.2 Å². The Morgan fingerprint density at radius 2 is 1.12 bits per heavy atom. The van der Waals surface area contributed by atoms with E-state index in [2.05, 4.69) is 9.97 Å². The molecule has 12 heteroatoms. The highest BCUT2D eigenvalue weighted by Crippen LogP contribution is 2.39. The summed E-state index contributed by atoms with van der Waals surface area (Å²) in [6, 6.07) is 31.1. The van der Waals surface area contributed by atoms with Gasteiger partial charge in [0.2, 0.25) is 0 Å². The summed E-state index contributed by atoms with van der Waals surface area (Å²) in [5.41, 5.74) is 4.57. The van der Waals surface area contributed by atoms with Crippen molar-refractivity contribution in [3.63, 3.8) is 0 Å². The molecule has 0 aliphatic rings. The fraction of sp³-hybridized carbons (Fsp3) is 0.0811. The Balaban J connectivity index is 0.000000166. The molecule has 0 unspecified atom stereocenters. The van der Waals surface area contributed by atoms with Crippen molar-refractivity contribution in [2.24, 2.45) is 7.05 Å². The van der Waals surface area contributed by atoms with Crippen LogP contribution in [0.4, 0.5) is 26.3 Å². The van der Waals surface area contributed by atoms with Gasteiger partial charge in [-0.2, -0.15) is 26.3 Å². The van der Waals surface area contributed by atoms with E-state index >= 15 is 0 Å². The third-order valence-electron chi connectivity index (χ3n) is 8.16. The van der Waals surface area contributed by atoms with E-state index in [-0.39, 0.29) is 0 Å². The molecular formula is C37H24F6IN5. The maximum atomic E-state index is 13.6. The van der Waals surface area contributed by atoms with Crippen LogP contribution in [0.2, 0.25) is 0 Å². The molecule has 5 nitrogen and oxygen atoms in total. The number of nitrogens with zero attached hydrogens (tertiary/aromatic N) is 5. The van der Waals surface area contributed by atoms with Crippen molar-refractivity contribution in [1.29, 1.82) is 0 Å². The molecule has 0 radical (unpaired) electrons. The molecule has 0 fully saturated rings. The summed E-state index contributed by atoms with van der Waals surface area (Å²) < 4.78 is 85.2. The first-order valence-corrected chi connectivity index (χ1v) is 15.9. The van der Waals surface area contributed by atoms with E-state index in [4.69, 9.17) is 0 Å². The van der Waals surface area contributed by atoms with Crippen LogP contribution in [0, 0.1) is 3.57 Å².